The van der Waals surface area contributed by atoms with Crippen molar-refractivity contribution >= 4 is 6.03 Å². The van der Waals surface area contributed by atoms with Crippen LogP contribution >= 0.6 is 0 Å². The molecule has 0 aliphatic carbocycles. The highest BCUT2D eigenvalue weighted by molar-refractivity contribution is 5.74. The molecule has 2 aliphatic heterocycles. The zero-order chi connectivity index (χ0) is 16.1. The lowest BCUT2D eigenvalue weighted by molar-refractivity contribution is -0.173. The topological polar surface area (TPSA) is 74.7 Å². The molecule has 2 N–H and O–H groups in total. The van der Waals surface area contributed by atoms with Gasteiger partial charge in [-0.1, -0.05) is 0 Å². The third-order valence-electron chi connectivity index (χ3n) is 4.95. The van der Waals surface area contributed by atoms with Crippen LogP contribution in [0.3, 0.4) is 0 Å². The van der Waals surface area contributed by atoms with Gasteiger partial charge in [0.2, 0.25) is 0 Å². The second kappa shape index (κ2) is 7.27. The third kappa shape index (κ3) is 3.82. The molecule has 6 heteroatoms. The van der Waals surface area contributed by atoms with Crippen LogP contribution in [0.5, 0.6) is 0 Å². The molecule has 126 valence electrons. The second-order valence-corrected chi connectivity index (χ2v) is 6.40. The Balaban J connectivity index is 1.43. The number of carbonyl (C=O) groups excluding carboxylic acids is 1. The molecule has 1 aromatic rings. The molecule has 2 saturated heterocycles. The number of likely N-dealkylation sites (tertiary alicyclic amines) is 1. The normalized spacial score (nSPS) is 23.7. The number of nitrogens with one attached hydrogen (secondary N) is 1. The van der Waals surface area contributed by atoms with Gasteiger partial charge >= 0.3 is 6.03 Å². The number of urea groups is 1. The number of hydrogen-bond acceptors (Lipinski definition) is 4. The Bertz CT molecular complexity index is 515. The van der Waals surface area contributed by atoms with E-state index in [4.69, 9.17) is 4.74 Å². The molecular weight excluding hydrogens is 294 g/mol. The summed E-state index contributed by atoms with van der Waals surface area (Å²) in [4.78, 5) is 18.0. The molecule has 1 unspecified atom stereocenters. The maximum Gasteiger partial charge on any atom is 0.317 e. The van der Waals surface area contributed by atoms with Crippen LogP contribution < -0.4 is 5.32 Å². The fourth-order valence-electron chi connectivity index (χ4n) is 3.45. The van der Waals surface area contributed by atoms with E-state index in [0.29, 0.717) is 32.5 Å². The summed E-state index contributed by atoms with van der Waals surface area (Å²) in [7, 11) is 0. The molecule has 23 heavy (non-hydrogen) atoms. The van der Waals surface area contributed by atoms with Crippen LogP contribution in [0.4, 0.5) is 4.79 Å². The van der Waals surface area contributed by atoms with Gasteiger partial charge in [-0.15, -0.1) is 0 Å². The zero-order valence-electron chi connectivity index (χ0n) is 13.4. The first-order valence-corrected chi connectivity index (χ1v) is 8.43. The van der Waals surface area contributed by atoms with Gasteiger partial charge in [0.15, 0.2) is 0 Å². The number of pyridine rings is 1. The summed E-state index contributed by atoms with van der Waals surface area (Å²) in [6.07, 6.45) is 7.08. The van der Waals surface area contributed by atoms with Gasteiger partial charge < -0.3 is 20.1 Å². The third-order valence-corrected chi connectivity index (χ3v) is 4.95. The van der Waals surface area contributed by atoms with Crippen LogP contribution in [0.25, 0.3) is 0 Å². The minimum atomic E-state index is -0.425. The monoisotopic (exact) mass is 319 g/mol. The van der Waals surface area contributed by atoms with Gasteiger partial charge in [-0.05, 0) is 49.8 Å². The van der Waals surface area contributed by atoms with Gasteiger partial charge in [0.05, 0.1) is 11.7 Å². The van der Waals surface area contributed by atoms with Crippen LogP contribution in [0.2, 0.25) is 0 Å². The van der Waals surface area contributed by atoms with Crippen LogP contribution in [0.15, 0.2) is 24.5 Å². The quantitative estimate of drug-likeness (QED) is 0.882. The van der Waals surface area contributed by atoms with E-state index in [1.165, 1.54) is 0 Å². The van der Waals surface area contributed by atoms with Gasteiger partial charge in [0.25, 0.3) is 0 Å². The molecular formula is C17H25N3O3. The highest BCUT2D eigenvalue weighted by atomic mass is 16.5. The van der Waals surface area contributed by atoms with Gasteiger partial charge in [-0.2, -0.15) is 0 Å². The lowest BCUT2D eigenvalue weighted by Gasteiger charge is -2.46. The number of aliphatic hydroxyl groups excluding tert-OH is 1. The van der Waals surface area contributed by atoms with Crippen LogP contribution in [0.1, 0.15) is 31.2 Å². The molecule has 3 rings (SSSR count). The number of carbonyl (C=O) groups is 1. The summed E-state index contributed by atoms with van der Waals surface area (Å²) in [5.74, 6) is 0. The van der Waals surface area contributed by atoms with E-state index in [-0.39, 0.29) is 6.03 Å². The Morgan fingerprint density at radius 3 is 2.83 bits per heavy atom. The highest BCUT2D eigenvalue weighted by Gasteiger charge is 2.44. The molecule has 0 aromatic carbocycles. The van der Waals surface area contributed by atoms with Crippen molar-refractivity contribution in [2.24, 2.45) is 0 Å². The number of nitrogens with zero attached hydrogens (tertiary/aromatic N) is 2. The first-order chi connectivity index (χ1) is 11.2. The number of rotatable bonds is 3. The van der Waals surface area contributed by atoms with Crippen LogP contribution in [-0.2, 0) is 11.2 Å². The Morgan fingerprint density at radius 1 is 1.39 bits per heavy atom. The maximum atomic E-state index is 12.2. The van der Waals surface area contributed by atoms with Crippen LogP contribution in [0, 0.1) is 0 Å². The number of ether oxygens (including phenoxy) is 1. The van der Waals surface area contributed by atoms with Crippen molar-refractivity contribution in [1.29, 1.82) is 0 Å². The fraction of sp³-hybridized carbons (Fsp3) is 0.647. The predicted molar refractivity (Wildman–Crippen MR) is 86.1 cm³/mol. The highest BCUT2D eigenvalue weighted by Crippen LogP contribution is 2.35. The molecule has 1 aromatic heterocycles. The van der Waals surface area contributed by atoms with E-state index in [0.717, 1.165) is 31.4 Å². The minimum Gasteiger partial charge on any atom is -0.390 e. The summed E-state index contributed by atoms with van der Waals surface area (Å²) >= 11 is 0. The molecule has 2 amide bonds. The van der Waals surface area contributed by atoms with Gasteiger partial charge in [0, 0.05) is 38.6 Å². The van der Waals surface area contributed by atoms with E-state index >= 15 is 0 Å². The number of aliphatic hydroxyl groups is 1. The van der Waals surface area contributed by atoms with E-state index < -0.39 is 11.7 Å². The summed E-state index contributed by atoms with van der Waals surface area (Å²) < 4.78 is 5.87. The average molecular weight is 319 g/mol. The zero-order valence-corrected chi connectivity index (χ0v) is 13.4. The Labute approximate surface area is 136 Å². The Morgan fingerprint density at radius 2 is 2.13 bits per heavy atom. The number of amides is 2. The number of aromatic nitrogens is 1. The molecule has 6 nitrogen and oxygen atoms in total. The molecule has 2 fully saturated rings. The van der Waals surface area contributed by atoms with Gasteiger partial charge in [-0.3, -0.25) is 4.98 Å². The van der Waals surface area contributed by atoms with Crippen molar-refractivity contribution in [1.82, 2.24) is 15.2 Å². The number of hydrogen-bond donors (Lipinski definition) is 2. The van der Waals surface area contributed by atoms with Crippen molar-refractivity contribution in [2.75, 3.05) is 26.2 Å². The van der Waals surface area contributed by atoms with E-state index in [9.17, 15) is 9.90 Å². The number of piperidine rings is 1. The van der Waals surface area contributed by atoms with Crippen molar-refractivity contribution in [2.45, 2.75) is 43.8 Å². The average Bonchev–Trinajstić information content (AvgIpc) is 2.59. The predicted octanol–water partition coefficient (Wildman–Crippen LogP) is 1.34. The molecule has 0 saturated carbocycles. The van der Waals surface area contributed by atoms with Crippen molar-refractivity contribution in [3.05, 3.63) is 30.1 Å². The lowest BCUT2D eigenvalue weighted by Crippen LogP contribution is -2.57. The van der Waals surface area contributed by atoms with E-state index in [1.54, 1.807) is 12.4 Å². The molecule has 1 atom stereocenters. The minimum absolute atomic E-state index is 0.0285. The molecule has 2 aliphatic rings. The van der Waals surface area contributed by atoms with Gasteiger partial charge in [0.1, 0.15) is 0 Å². The molecule has 1 spiro atoms. The smallest absolute Gasteiger partial charge is 0.317 e. The van der Waals surface area contributed by atoms with Crippen molar-refractivity contribution in [3.8, 4) is 0 Å². The van der Waals surface area contributed by atoms with Crippen LogP contribution in [-0.4, -0.2) is 59.0 Å². The van der Waals surface area contributed by atoms with Crippen molar-refractivity contribution < 1.29 is 14.6 Å². The van der Waals surface area contributed by atoms with E-state index in [2.05, 4.69) is 10.3 Å². The summed E-state index contributed by atoms with van der Waals surface area (Å²) in [6, 6.07) is 3.89. The Hall–Kier alpha value is -1.66. The lowest BCUT2D eigenvalue weighted by atomic mass is 9.82. The molecule has 0 radical (unpaired) electrons. The SMILES string of the molecule is O=C(NCCc1ccncc1)N1CCC2(CC1)OCCCC2O. The first-order valence-electron chi connectivity index (χ1n) is 8.43. The summed E-state index contributed by atoms with van der Waals surface area (Å²) in [5, 5.41) is 13.2. The fourth-order valence-corrected chi connectivity index (χ4v) is 3.45. The maximum absolute atomic E-state index is 12.2. The van der Waals surface area contributed by atoms with Gasteiger partial charge in [-0.25, -0.2) is 4.79 Å². The van der Waals surface area contributed by atoms with Crippen molar-refractivity contribution in [3.63, 3.8) is 0 Å². The second-order valence-electron chi connectivity index (χ2n) is 6.40. The largest absolute Gasteiger partial charge is 0.390 e. The Kier molecular flexibility index (Phi) is 5.13. The summed E-state index contributed by atoms with van der Waals surface area (Å²) in [6.45, 7) is 2.61. The first kappa shape index (κ1) is 16.2. The molecule has 0 bridgehead atoms. The van der Waals surface area contributed by atoms with E-state index in [1.807, 2.05) is 17.0 Å². The molecule has 3 heterocycles. The summed E-state index contributed by atoms with van der Waals surface area (Å²) in [5.41, 5.74) is 0.739. The standard InChI is InChI=1S/C17H25N3O3/c21-15-2-1-13-23-17(15)6-11-20(12-7-17)16(22)19-10-5-14-3-8-18-9-4-14/h3-4,8-9,15,21H,1-2,5-7,10-13H2,(H,19,22).